The minimum absolute atomic E-state index is 0.225. The van der Waals surface area contributed by atoms with Gasteiger partial charge in [-0.25, -0.2) is 4.98 Å². The summed E-state index contributed by atoms with van der Waals surface area (Å²) in [6.45, 7) is 7.49. The second-order valence-corrected chi connectivity index (χ2v) is 6.78. The van der Waals surface area contributed by atoms with Crippen LogP contribution in [0.4, 0.5) is 5.69 Å². The van der Waals surface area contributed by atoms with E-state index in [0.29, 0.717) is 17.0 Å². The number of amides is 1. The molecule has 1 aromatic carbocycles. The molecule has 0 aliphatic heterocycles. The van der Waals surface area contributed by atoms with Crippen LogP contribution in [0.1, 0.15) is 32.9 Å². The molecule has 0 fully saturated rings. The zero-order chi connectivity index (χ0) is 19.1. The second kappa shape index (κ2) is 6.39. The summed E-state index contributed by atoms with van der Waals surface area (Å²) in [5.41, 5.74) is 6.62. The van der Waals surface area contributed by atoms with Gasteiger partial charge < -0.3 is 14.2 Å². The Morgan fingerprint density at radius 3 is 2.67 bits per heavy atom. The van der Waals surface area contributed by atoms with Gasteiger partial charge in [0.25, 0.3) is 5.91 Å². The fourth-order valence-corrected chi connectivity index (χ4v) is 3.13. The minimum atomic E-state index is -0.225. The summed E-state index contributed by atoms with van der Waals surface area (Å²) < 4.78 is 7.09. The van der Waals surface area contributed by atoms with Crippen LogP contribution in [-0.2, 0) is 0 Å². The minimum Gasteiger partial charge on any atom is -0.361 e. The number of imidazole rings is 1. The zero-order valence-electron chi connectivity index (χ0n) is 15.7. The van der Waals surface area contributed by atoms with Gasteiger partial charge in [-0.1, -0.05) is 17.3 Å². The molecule has 0 spiro atoms. The molecule has 1 amide bonds. The van der Waals surface area contributed by atoms with Gasteiger partial charge in [-0.2, -0.15) is 0 Å². The Morgan fingerprint density at radius 2 is 1.93 bits per heavy atom. The summed E-state index contributed by atoms with van der Waals surface area (Å²) in [6.07, 6.45) is 3.98. The molecule has 0 unspecified atom stereocenters. The van der Waals surface area contributed by atoms with E-state index in [1.807, 2.05) is 61.0 Å². The summed E-state index contributed by atoms with van der Waals surface area (Å²) in [5.74, 6) is 0.284. The lowest BCUT2D eigenvalue weighted by Crippen LogP contribution is -2.14. The standard InChI is InChI=1S/C21H20N4O2/c1-12-7-8-25-11-18(22-19(25)9-12)16-6-5-13(2)17(10-16)23-21(26)20-14(3)24-27-15(20)4/h5-11H,1-4H3,(H,23,26). The largest absolute Gasteiger partial charge is 0.361 e. The van der Waals surface area contributed by atoms with Gasteiger partial charge in [0.2, 0.25) is 0 Å². The van der Waals surface area contributed by atoms with Gasteiger partial charge in [0.05, 0.1) is 11.4 Å². The van der Waals surface area contributed by atoms with Crippen molar-refractivity contribution < 1.29 is 9.32 Å². The molecule has 0 saturated heterocycles. The highest BCUT2D eigenvalue weighted by molar-refractivity contribution is 6.06. The molecule has 4 rings (SSSR count). The number of fused-ring (bicyclic) bond motifs is 1. The normalized spacial score (nSPS) is 11.1. The van der Waals surface area contributed by atoms with E-state index in [1.54, 1.807) is 13.8 Å². The molecule has 0 aliphatic carbocycles. The van der Waals surface area contributed by atoms with Crippen molar-refractivity contribution in [2.75, 3.05) is 5.32 Å². The highest BCUT2D eigenvalue weighted by Gasteiger charge is 2.18. The summed E-state index contributed by atoms with van der Waals surface area (Å²) >= 11 is 0. The number of hydrogen-bond donors (Lipinski definition) is 1. The van der Waals surface area contributed by atoms with Gasteiger partial charge in [-0.3, -0.25) is 4.79 Å². The Bertz CT molecular complexity index is 1150. The van der Waals surface area contributed by atoms with Crippen LogP contribution < -0.4 is 5.32 Å². The molecule has 6 nitrogen and oxygen atoms in total. The van der Waals surface area contributed by atoms with Gasteiger partial charge in [-0.05, 0) is 57.0 Å². The number of anilines is 1. The predicted molar refractivity (Wildman–Crippen MR) is 104 cm³/mol. The third-order valence-corrected chi connectivity index (χ3v) is 4.66. The van der Waals surface area contributed by atoms with E-state index in [4.69, 9.17) is 9.51 Å². The van der Waals surface area contributed by atoms with E-state index in [9.17, 15) is 4.79 Å². The van der Waals surface area contributed by atoms with Crippen LogP contribution in [0.25, 0.3) is 16.9 Å². The molecule has 136 valence electrons. The van der Waals surface area contributed by atoms with Crippen LogP contribution in [0.3, 0.4) is 0 Å². The van der Waals surface area contributed by atoms with E-state index in [2.05, 4.69) is 10.5 Å². The Hall–Kier alpha value is -3.41. The van der Waals surface area contributed by atoms with Crippen molar-refractivity contribution in [1.82, 2.24) is 14.5 Å². The predicted octanol–water partition coefficient (Wildman–Crippen LogP) is 4.48. The third kappa shape index (κ3) is 3.10. The smallest absolute Gasteiger partial charge is 0.261 e. The van der Waals surface area contributed by atoms with Crippen molar-refractivity contribution in [3.05, 3.63) is 70.9 Å². The van der Waals surface area contributed by atoms with E-state index < -0.39 is 0 Å². The summed E-state index contributed by atoms with van der Waals surface area (Å²) in [7, 11) is 0. The topological polar surface area (TPSA) is 72.4 Å². The Balaban J connectivity index is 1.69. The molecule has 0 radical (unpaired) electrons. The van der Waals surface area contributed by atoms with E-state index >= 15 is 0 Å². The van der Waals surface area contributed by atoms with Crippen LogP contribution >= 0.6 is 0 Å². The number of carbonyl (C=O) groups excluding carboxylic acids is 1. The molecule has 0 aliphatic rings. The number of nitrogens with one attached hydrogen (secondary N) is 1. The number of hydrogen-bond acceptors (Lipinski definition) is 4. The molecular formula is C21H20N4O2. The molecule has 0 saturated carbocycles. The average Bonchev–Trinajstić information content (AvgIpc) is 3.19. The Morgan fingerprint density at radius 1 is 1.11 bits per heavy atom. The summed E-state index contributed by atoms with van der Waals surface area (Å²) in [6, 6.07) is 10.0. The first-order valence-corrected chi connectivity index (χ1v) is 8.73. The molecule has 1 N–H and O–H groups in total. The van der Waals surface area contributed by atoms with Crippen molar-refractivity contribution in [1.29, 1.82) is 0 Å². The highest BCUT2D eigenvalue weighted by Crippen LogP contribution is 2.26. The second-order valence-electron chi connectivity index (χ2n) is 6.78. The molecule has 6 heteroatoms. The summed E-state index contributed by atoms with van der Waals surface area (Å²) in [4.78, 5) is 17.4. The number of pyridine rings is 1. The van der Waals surface area contributed by atoms with E-state index in [-0.39, 0.29) is 5.91 Å². The fraction of sp³-hybridized carbons (Fsp3) is 0.190. The molecule has 0 atom stereocenters. The van der Waals surface area contributed by atoms with Crippen molar-refractivity contribution in [2.45, 2.75) is 27.7 Å². The number of aromatic nitrogens is 3. The van der Waals surface area contributed by atoms with Gasteiger partial charge >= 0.3 is 0 Å². The molecule has 4 aromatic rings. The van der Waals surface area contributed by atoms with E-state index in [1.165, 1.54) is 0 Å². The van der Waals surface area contributed by atoms with Crippen LogP contribution in [0, 0.1) is 27.7 Å². The van der Waals surface area contributed by atoms with Crippen molar-refractivity contribution in [3.8, 4) is 11.3 Å². The zero-order valence-corrected chi connectivity index (χ0v) is 15.7. The maximum absolute atomic E-state index is 12.7. The first-order chi connectivity index (χ1) is 12.9. The van der Waals surface area contributed by atoms with Gasteiger partial charge in [0.1, 0.15) is 17.0 Å². The quantitative estimate of drug-likeness (QED) is 0.585. The first-order valence-electron chi connectivity index (χ1n) is 8.73. The lowest BCUT2D eigenvalue weighted by Gasteiger charge is -2.10. The maximum Gasteiger partial charge on any atom is 0.261 e. The van der Waals surface area contributed by atoms with Gasteiger partial charge in [0.15, 0.2) is 0 Å². The highest BCUT2D eigenvalue weighted by atomic mass is 16.5. The van der Waals surface area contributed by atoms with E-state index in [0.717, 1.165) is 33.7 Å². The van der Waals surface area contributed by atoms with Crippen LogP contribution in [0.2, 0.25) is 0 Å². The monoisotopic (exact) mass is 360 g/mol. The number of rotatable bonds is 3. The van der Waals surface area contributed by atoms with Gasteiger partial charge in [-0.15, -0.1) is 0 Å². The van der Waals surface area contributed by atoms with Crippen LogP contribution in [0.5, 0.6) is 0 Å². The average molecular weight is 360 g/mol. The number of carbonyl (C=O) groups is 1. The van der Waals surface area contributed by atoms with Crippen molar-refractivity contribution >= 4 is 17.2 Å². The third-order valence-electron chi connectivity index (χ3n) is 4.66. The number of benzene rings is 1. The SMILES string of the molecule is Cc1ccn2cc(-c3ccc(C)c(NC(=O)c4c(C)noc4C)c3)nc2c1. The van der Waals surface area contributed by atoms with Gasteiger partial charge in [0, 0.05) is 23.6 Å². The molecule has 0 bridgehead atoms. The fourth-order valence-electron chi connectivity index (χ4n) is 3.13. The molecular weight excluding hydrogens is 340 g/mol. The number of nitrogens with zero attached hydrogens (tertiary/aromatic N) is 3. The Kier molecular flexibility index (Phi) is 4.03. The number of aryl methyl sites for hydroxylation is 4. The van der Waals surface area contributed by atoms with Crippen molar-refractivity contribution in [3.63, 3.8) is 0 Å². The molecule has 27 heavy (non-hydrogen) atoms. The molecule has 3 heterocycles. The first kappa shape index (κ1) is 17.0. The lowest BCUT2D eigenvalue weighted by molar-refractivity contribution is 0.102. The lowest BCUT2D eigenvalue weighted by atomic mass is 10.1. The van der Waals surface area contributed by atoms with Crippen LogP contribution in [0.15, 0.2) is 47.2 Å². The van der Waals surface area contributed by atoms with Crippen molar-refractivity contribution in [2.24, 2.45) is 0 Å². The Labute approximate surface area is 156 Å². The summed E-state index contributed by atoms with van der Waals surface area (Å²) in [5, 5.41) is 6.82. The van der Waals surface area contributed by atoms with Crippen LogP contribution in [-0.4, -0.2) is 20.4 Å². The maximum atomic E-state index is 12.7. The molecule has 3 aromatic heterocycles.